The lowest BCUT2D eigenvalue weighted by atomic mass is 10.2. The second kappa shape index (κ2) is 6.36. The molecular formula is C17H18ClN3O. The van der Waals surface area contributed by atoms with Crippen molar-refractivity contribution in [3.8, 4) is 0 Å². The zero-order valence-electron chi connectivity index (χ0n) is 12.5. The summed E-state index contributed by atoms with van der Waals surface area (Å²) in [6.07, 6.45) is 4.10. The Morgan fingerprint density at radius 1 is 1.23 bits per heavy atom. The summed E-state index contributed by atoms with van der Waals surface area (Å²) in [7, 11) is 0. The van der Waals surface area contributed by atoms with Crippen LogP contribution in [0.2, 0.25) is 5.02 Å². The van der Waals surface area contributed by atoms with Crippen LogP contribution >= 0.6 is 11.6 Å². The number of aryl methyl sites for hydroxylation is 1. The molecule has 1 aromatic carbocycles. The van der Waals surface area contributed by atoms with Gasteiger partial charge >= 0.3 is 0 Å². The summed E-state index contributed by atoms with van der Waals surface area (Å²) in [4.78, 5) is 18.9. The molecule has 3 rings (SSSR count). The molecule has 0 radical (unpaired) electrons. The highest BCUT2D eigenvalue weighted by Gasteiger charge is 2.15. The maximum atomic E-state index is 12.4. The molecule has 1 aromatic heterocycles. The third-order valence-corrected chi connectivity index (χ3v) is 4.12. The number of halogens is 1. The lowest BCUT2D eigenvalue weighted by Gasteiger charge is -2.17. The first-order valence-electron chi connectivity index (χ1n) is 7.42. The molecule has 0 saturated carbocycles. The number of carbonyl (C=O) groups is 1. The van der Waals surface area contributed by atoms with Crippen molar-refractivity contribution in [3.63, 3.8) is 0 Å². The quantitative estimate of drug-likeness (QED) is 0.934. The number of aromatic nitrogens is 1. The van der Waals surface area contributed by atoms with E-state index in [0.29, 0.717) is 10.7 Å². The molecular weight excluding hydrogens is 298 g/mol. The highest BCUT2D eigenvalue weighted by Crippen LogP contribution is 2.22. The van der Waals surface area contributed by atoms with Gasteiger partial charge in [0, 0.05) is 35.7 Å². The molecule has 1 aliphatic rings. The molecule has 0 bridgehead atoms. The Morgan fingerprint density at radius 2 is 2.00 bits per heavy atom. The van der Waals surface area contributed by atoms with E-state index in [1.807, 2.05) is 25.1 Å². The van der Waals surface area contributed by atoms with E-state index >= 15 is 0 Å². The summed E-state index contributed by atoms with van der Waals surface area (Å²) in [5.74, 6) is -0.202. The van der Waals surface area contributed by atoms with Gasteiger partial charge in [0.1, 0.15) is 5.69 Å². The minimum Gasteiger partial charge on any atom is -0.371 e. The molecule has 1 N–H and O–H groups in total. The first-order chi connectivity index (χ1) is 10.6. The largest absolute Gasteiger partial charge is 0.371 e. The number of hydrogen-bond donors (Lipinski definition) is 1. The summed E-state index contributed by atoms with van der Waals surface area (Å²) < 4.78 is 0. The van der Waals surface area contributed by atoms with Crippen LogP contribution in [0.1, 0.15) is 28.9 Å². The normalized spacial score (nSPS) is 14.2. The van der Waals surface area contributed by atoms with Gasteiger partial charge in [0.2, 0.25) is 0 Å². The molecule has 22 heavy (non-hydrogen) atoms. The van der Waals surface area contributed by atoms with Crippen molar-refractivity contribution < 1.29 is 4.79 Å². The molecule has 0 aliphatic carbocycles. The summed E-state index contributed by atoms with van der Waals surface area (Å²) in [5, 5.41) is 3.55. The minimum atomic E-state index is -0.202. The van der Waals surface area contributed by atoms with Crippen LogP contribution in [0.3, 0.4) is 0 Å². The van der Waals surface area contributed by atoms with Crippen LogP contribution < -0.4 is 10.2 Å². The van der Waals surface area contributed by atoms with Crippen LogP contribution in [0.25, 0.3) is 0 Å². The number of rotatable bonds is 3. The monoisotopic (exact) mass is 315 g/mol. The summed E-state index contributed by atoms with van der Waals surface area (Å²) in [5.41, 5.74) is 3.17. The van der Waals surface area contributed by atoms with Crippen molar-refractivity contribution in [2.45, 2.75) is 19.8 Å². The van der Waals surface area contributed by atoms with Gasteiger partial charge in [-0.05, 0) is 55.7 Å². The molecule has 1 saturated heterocycles. The fraction of sp³-hybridized carbons (Fsp3) is 0.294. The number of nitrogens with one attached hydrogen (secondary N) is 1. The van der Waals surface area contributed by atoms with E-state index in [4.69, 9.17) is 11.6 Å². The Hall–Kier alpha value is -2.07. The van der Waals surface area contributed by atoms with Gasteiger partial charge in [-0.3, -0.25) is 9.78 Å². The number of carbonyl (C=O) groups excluding carboxylic acids is 1. The highest BCUT2D eigenvalue weighted by molar-refractivity contribution is 6.30. The number of pyridine rings is 1. The van der Waals surface area contributed by atoms with Gasteiger partial charge in [0.15, 0.2) is 0 Å². The summed E-state index contributed by atoms with van der Waals surface area (Å²) in [6.45, 7) is 4.00. The number of anilines is 2. The molecule has 5 heteroatoms. The predicted octanol–water partition coefficient (Wildman–Crippen LogP) is 3.90. The van der Waals surface area contributed by atoms with E-state index < -0.39 is 0 Å². The molecule has 4 nitrogen and oxygen atoms in total. The van der Waals surface area contributed by atoms with E-state index in [9.17, 15) is 4.79 Å². The van der Waals surface area contributed by atoms with E-state index in [1.165, 1.54) is 12.8 Å². The van der Waals surface area contributed by atoms with Crippen LogP contribution in [0.15, 0.2) is 36.5 Å². The summed E-state index contributed by atoms with van der Waals surface area (Å²) in [6, 6.07) is 9.20. The van der Waals surface area contributed by atoms with Crippen LogP contribution in [0.4, 0.5) is 11.4 Å². The smallest absolute Gasteiger partial charge is 0.274 e. The van der Waals surface area contributed by atoms with Crippen molar-refractivity contribution in [2.24, 2.45) is 0 Å². The predicted molar refractivity (Wildman–Crippen MR) is 89.8 cm³/mol. The van der Waals surface area contributed by atoms with Crippen molar-refractivity contribution in [2.75, 3.05) is 23.3 Å². The number of amides is 1. The first-order valence-corrected chi connectivity index (χ1v) is 7.80. The van der Waals surface area contributed by atoms with Gasteiger partial charge in [0.25, 0.3) is 5.91 Å². The number of hydrogen-bond acceptors (Lipinski definition) is 3. The van der Waals surface area contributed by atoms with Gasteiger partial charge in [-0.15, -0.1) is 0 Å². The fourth-order valence-electron chi connectivity index (χ4n) is 2.67. The Balaban J connectivity index is 1.78. The van der Waals surface area contributed by atoms with Gasteiger partial charge < -0.3 is 10.2 Å². The third kappa shape index (κ3) is 3.22. The Labute approximate surface area is 135 Å². The molecule has 1 fully saturated rings. The van der Waals surface area contributed by atoms with Gasteiger partial charge in [-0.25, -0.2) is 0 Å². The lowest BCUT2D eigenvalue weighted by molar-refractivity contribution is 0.102. The molecule has 1 aliphatic heterocycles. The van der Waals surface area contributed by atoms with Crippen molar-refractivity contribution in [1.82, 2.24) is 4.98 Å². The van der Waals surface area contributed by atoms with Crippen LogP contribution in [0, 0.1) is 6.92 Å². The van der Waals surface area contributed by atoms with Crippen molar-refractivity contribution in [1.29, 1.82) is 0 Å². The van der Waals surface area contributed by atoms with Crippen molar-refractivity contribution >= 4 is 28.9 Å². The average molecular weight is 316 g/mol. The fourth-order valence-corrected chi connectivity index (χ4v) is 2.90. The van der Waals surface area contributed by atoms with Gasteiger partial charge in [0.05, 0.1) is 0 Å². The number of nitrogens with zero attached hydrogens (tertiary/aromatic N) is 2. The molecule has 2 aromatic rings. The molecule has 2 heterocycles. The van der Waals surface area contributed by atoms with Gasteiger partial charge in [-0.2, -0.15) is 0 Å². The average Bonchev–Trinajstić information content (AvgIpc) is 3.04. The first kappa shape index (κ1) is 14.9. The van der Waals surface area contributed by atoms with E-state index in [-0.39, 0.29) is 5.91 Å². The van der Waals surface area contributed by atoms with E-state index in [0.717, 1.165) is 30.0 Å². The molecule has 0 unspecified atom stereocenters. The summed E-state index contributed by atoms with van der Waals surface area (Å²) >= 11 is 5.93. The van der Waals surface area contributed by atoms with E-state index in [1.54, 1.807) is 18.3 Å². The topological polar surface area (TPSA) is 45.2 Å². The maximum absolute atomic E-state index is 12.4. The Morgan fingerprint density at radius 3 is 2.73 bits per heavy atom. The number of benzene rings is 1. The SMILES string of the molecule is Cc1cc(Cl)ccc1NC(=O)c1cc(N2CCCC2)ccn1. The van der Waals surface area contributed by atoms with Crippen LogP contribution in [0.5, 0.6) is 0 Å². The third-order valence-electron chi connectivity index (χ3n) is 3.88. The molecule has 0 atom stereocenters. The van der Waals surface area contributed by atoms with Crippen LogP contribution in [-0.2, 0) is 0 Å². The van der Waals surface area contributed by atoms with Crippen LogP contribution in [-0.4, -0.2) is 24.0 Å². The molecule has 114 valence electrons. The minimum absolute atomic E-state index is 0.202. The molecule has 0 spiro atoms. The Bertz CT molecular complexity index is 696. The van der Waals surface area contributed by atoms with Gasteiger partial charge in [-0.1, -0.05) is 11.6 Å². The molecule has 1 amide bonds. The highest BCUT2D eigenvalue weighted by atomic mass is 35.5. The second-order valence-corrected chi connectivity index (χ2v) is 5.94. The Kier molecular flexibility index (Phi) is 4.29. The second-order valence-electron chi connectivity index (χ2n) is 5.51. The standard InChI is InChI=1S/C17H18ClN3O/c1-12-10-13(18)4-5-15(12)20-17(22)16-11-14(6-7-19-16)21-8-2-3-9-21/h4-7,10-11H,2-3,8-9H2,1H3,(H,20,22). The zero-order valence-corrected chi connectivity index (χ0v) is 13.2. The lowest BCUT2D eigenvalue weighted by Crippen LogP contribution is -2.19. The van der Waals surface area contributed by atoms with Crippen molar-refractivity contribution in [3.05, 3.63) is 52.8 Å². The zero-order chi connectivity index (χ0) is 15.5. The maximum Gasteiger partial charge on any atom is 0.274 e. The van der Waals surface area contributed by atoms with E-state index in [2.05, 4.69) is 15.2 Å².